The molecule has 2 aromatic carbocycles. The van der Waals surface area contributed by atoms with Gasteiger partial charge >= 0.3 is 6.03 Å². The van der Waals surface area contributed by atoms with Crippen molar-refractivity contribution in [1.82, 2.24) is 4.90 Å². The van der Waals surface area contributed by atoms with Gasteiger partial charge in [-0.25, -0.2) is 4.79 Å². The summed E-state index contributed by atoms with van der Waals surface area (Å²) in [5, 5.41) is 14.8. The molecule has 114 valence electrons. The van der Waals surface area contributed by atoms with E-state index >= 15 is 0 Å². The van der Waals surface area contributed by atoms with Crippen molar-refractivity contribution in [2.45, 2.75) is 19.1 Å². The van der Waals surface area contributed by atoms with Crippen LogP contribution in [-0.2, 0) is 5.72 Å². The third kappa shape index (κ3) is 2.25. The molecule has 0 radical (unpaired) electrons. The molecule has 1 atom stereocenters. The van der Waals surface area contributed by atoms with Gasteiger partial charge in [0, 0.05) is 22.7 Å². The molecule has 5 heteroatoms. The lowest BCUT2D eigenvalue weighted by atomic mass is 9.89. The Kier molecular flexibility index (Phi) is 3.81. The zero-order chi connectivity index (χ0) is 15.7. The van der Waals surface area contributed by atoms with E-state index in [4.69, 9.17) is 11.6 Å². The minimum Gasteiger partial charge on any atom is -0.363 e. The van der Waals surface area contributed by atoms with Crippen molar-refractivity contribution in [2.75, 3.05) is 11.9 Å². The fourth-order valence-corrected chi connectivity index (χ4v) is 3.03. The maximum Gasteiger partial charge on any atom is 0.324 e. The number of benzene rings is 2. The Bertz CT molecular complexity index is 705. The van der Waals surface area contributed by atoms with Gasteiger partial charge in [-0.1, -0.05) is 48.9 Å². The Balaban J connectivity index is 2.26. The lowest BCUT2D eigenvalue weighted by molar-refractivity contribution is -0.0518. The molecule has 0 spiro atoms. The largest absolute Gasteiger partial charge is 0.363 e. The van der Waals surface area contributed by atoms with Crippen molar-refractivity contribution in [3.63, 3.8) is 0 Å². The van der Waals surface area contributed by atoms with E-state index in [1.807, 2.05) is 37.3 Å². The van der Waals surface area contributed by atoms with Crippen LogP contribution in [0.5, 0.6) is 0 Å². The third-order valence-electron chi connectivity index (χ3n) is 3.86. The topological polar surface area (TPSA) is 52.6 Å². The number of nitrogens with one attached hydrogen (secondary N) is 1. The predicted octanol–water partition coefficient (Wildman–Crippen LogP) is 3.79. The highest BCUT2D eigenvalue weighted by molar-refractivity contribution is 6.30. The van der Waals surface area contributed by atoms with Crippen molar-refractivity contribution < 1.29 is 9.90 Å². The average molecular weight is 317 g/mol. The predicted molar refractivity (Wildman–Crippen MR) is 86.9 cm³/mol. The van der Waals surface area contributed by atoms with Crippen molar-refractivity contribution >= 4 is 23.3 Å². The molecule has 4 nitrogen and oxygen atoms in total. The van der Waals surface area contributed by atoms with Crippen LogP contribution in [0.4, 0.5) is 10.5 Å². The van der Waals surface area contributed by atoms with E-state index in [-0.39, 0.29) is 6.03 Å². The second-order valence-corrected chi connectivity index (χ2v) is 5.75. The third-order valence-corrected chi connectivity index (χ3v) is 4.09. The van der Waals surface area contributed by atoms with Gasteiger partial charge in [0.1, 0.15) is 0 Å². The summed E-state index contributed by atoms with van der Waals surface area (Å²) < 4.78 is 0. The highest BCUT2D eigenvalue weighted by Gasteiger charge is 2.46. The van der Waals surface area contributed by atoms with Gasteiger partial charge in [0.15, 0.2) is 5.72 Å². The molecule has 1 aliphatic heterocycles. The average Bonchev–Trinajstić information content (AvgIpc) is 2.53. The minimum atomic E-state index is -1.53. The summed E-state index contributed by atoms with van der Waals surface area (Å²) in [5.41, 5.74) is 0.272. The SMILES string of the molecule is CCCN1C(=O)Nc2ccc(Cl)cc2C1(O)c1ccccc1. The molecule has 2 amide bonds. The van der Waals surface area contributed by atoms with E-state index in [2.05, 4.69) is 5.32 Å². The molecule has 0 aliphatic carbocycles. The Morgan fingerprint density at radius 1 is 1.23 bits per heavy atom. The monoisotopic (exact) mass is 316 g/mol. The van der Waals surface area contributed by atoms with Crippen LogP contribution in [0.25, 0.3) is 0 Å². The van der Waals surface area contributed by atoms with E-state index in [1.54, 1.807) is 18.2 Å². The van der Waals surface area contributed by atoms with Crippen molar-refractivity contribution in [1.29, 1.82) is 0 Å². The van der Waals surface area contributed by atoms with E-state index < -0.39 is 5.72 Å². The summed E-state index contributed by atoms with van der Waals surface area (Å²) in [7, 11) is 0. The Morgan fingerprint density at radius 3 is 2.64 bits per heavy atom. The number of halogens is 1. The van der Waals surface area contributed by atoms with Crippen LogP contribution in [0.1, 0.15) is 24.5 Å². The number of nitrogens with zero attached hydrogens (tertiary/aromatic N) is 1. The molecule has 2 aromatic rings. The molecule has 3 rings (SSSR count). The van der Waals surface area contributed by atoms with Crippen molar-refractivity contribution in [3.8, 4) is 0 Å². The fourth-order valence-electron chi connectivity index (χ4n) is 2.86. The number of urea groups is 1. The Labute approximate surface area is 134 Å². The van der Waals surface area contributed by atoms with Gasteiger partial charge in [-0.15, -0.1) is 0 Å². The number of aliphatic hydroxyl groups is 1. The fraction of sp³-hybridized carbons (Fsp3) is 0.235. The number of hydrogen-bond donors (Lipinski definition) is 2. The lowest BCUT2D eigenvalue weighted by Crippen LogP contribution is -2.55. The number of hydrogen-bond acceptors (Lipinski definition) is 2. The molecule has 0 bridgehead atoms. The standard InChI is InChI=1S/C17H17ClN2O2/c1-2-10-20-16(21)19-15-9-8-13(18)11-14(15)17(20,22)12-6-4-3-5-7-12/h3-9,11,22H,2,10H2,1H3,(H,19,21). The molecule has 1 aliphatic rings. The number of carbonyl (C=O) groups is 1. The summed E-state index contributed by atoms with van der Waals surface area (Å²) in [6.07, 6.45) is 0.735. The summed E-state index contributed by atoms with van der Waals surface area (Å²) >= 11 is 6.11. The lowest BCUT2D eigenvalue weighted by Gasteiger charge is -2.44. The first-order valence-electron chi connectivity index (χ1n) is 7.24. The molecular formula is C17H17ClN2O2. The first kappa shape index (κ1) is 14.9. The maximum absolute atomic E-state index is 12.4. The van der Waals surface area contributed by atoms with Gasteiger partial charge in [-0.05, 0) is 24.6 Å². The molecular weight excluding hydrogens is 300 g/mol. The Morgan fingerprint density at radius 2 is 1.95 bits per heavy atom. The molecule has 1 heterocycles. The molecule has 0 saturated heterocycles. The summed E-state index contributed by atoms with van der Waals surface area (Å²) in [5.74, 6) is 0. The second kappa shape index (κ2) is 5.63. The smallest absolute Gasteiger partial charge is 0.324 e. The molecule has 1 unspecified atom stereocenters. The maximum atomic E-state index is 12.4. The van der Waals surface area contributed by atoms with Crippen LogP contribution in [-0.4, -0.2) is 22.6 Å². The summed E-state index contributed by atoms with van der Waals surface area (Å²) in [6.45, 7) is 2.40. The number of fused-ring (bicyclic) bond motifs is 1. The van der Waals surface area contributed by atoms with Crippen molar-refractivity contribution in [3.05, 3.63) is 64.7 Å². The van der Waals surface area contributed by atoms with Crippen LogP contribution < -0.4 is 5.32 Å². The van der Waals surface area contributed by atoms with Gasteiger partial charge in [0.2, 0.25) is 0 Å². The first-order chi connectivity index (χ1) is 10.6. The van der Waals surface area contributed by atoms with Crippen LogP contribution in [0, 0.1) is 0 Å². The Hall–Kier alpha value is -2.04. The normalized spacial score (nSPS) is 20.5. The number of rotatable bonds is 3. The number of amides is 2. The molecule has 0 saturated carbocycles. The van der Waals surface area contributed by atoms with Gasteiger partial charge in [0.25, 0.3) is 0 Å². The zero-order valence-electron chi connectivity index (χ0n) is 12.2. The van der Waals surface area contributed by atoms with Crippen LogP contribution in [0.2, 0.25) is 5.02 Å². The van der Waals surface area contributed by atoms with Crippen molar-refractivity contribution in [2.24, 2.45) is 0 Å². The number of carbonyl (C=O) groups excluding carboxylic acids is 1. The summed E-state index contributed by atoms with van der Waals surface area (Å²) in [4.78, 5) is 13.9. The minimum absolute atomic E-state index is 0.317. The molecule has 2 N–H and O–H groups in total. The highest BCUT2D eigenvalue weighted by Crippen LogP contribution is 2.42. The quantitative estimate of drug-likeness (QED) is 0.905. The van der Waals surface area contributed by atoms with Crippen LogP contribution in [0.3, 0.4) is 0 Å². The van der Waals surface area contributed by atoms with Gasteiger partial charge < -0.3 is 10.4 Å². The number of anilines is 1. The van der Waals surface area contributed by atoms with Gasteiger partial charge in [-0.3, -0.25) is 4.90 Å². The molecule has 0 fully saturated rings. The van der Waals surface area contributed by atoms with E-state index in [0.717, 1.165) is 6.42 Å². The van der Waals surface area contributed by atoms with E-state index in [1.165, 1.54) is 4.90 Å². The molecule has 0 aromatic heterocycles. The summed E-state index contributed by atoms with van der Waals surface area (Å²) in [6, 6.07) is 14.0. The van der Waals surface area contributed by atoms with Crippen LogP contribution >= 0.6 is 11.6 Å². The first-order valence-corrected chi connectivity index (χ1v) is 7.61. The van der Waals surface area contributed by atoms with E-state index in [0.29, 0.717) is 28.4 Å². The second-order valence-electron chi connectivity index (χ2n) is 5.31. The van der Waals surface area contributed by atoms with Gasteiger partial charge in [-0.2, -0.15) is 0 Å². The molecule has 22 heavy (non-hydrogen) atoms. The highest BCUT2D eigenvalue weighted by atomic mass is 35.5. The zero-order valence-corrected chi connectivity index (χ0v) is 13.0. The van der Waals surface area contributed by atoms with E-state index in [9.17, 15) is 9.90 Å². The van der Waals surface area contributed by atoms with Gasteiger partial charge in [0.05, 0.1) is 5.69 Å². The van der Waals surface area contributed by atoms with Crippen LogP contribution in [0.15, 0.2) is 48.5 Å².